The standard InChI is InChI=1S/C22H26N4O2/c1-3-5-10-15-23-21(27)19-18-14-9-11-16-26(18)20(24-19)22(28)25(4-2)17-12-7-6-8-13-17/h6-9,11-14,16H,3-5,10,15H2,1-2H3,(H,23,27). The highest BCUT2D eigenvalue weighted by molar-refractivity contribution is 6.07. The van der Waals surface area contributed by atoms with Gasteiger partial charge in [-0.1, -0.05) is 44.0 Å². The van der Waals surface area contributed by atoms with E-state index in [0.717, 1.165) is 24.9 Å². The molecular formula is C22H26N4O2. The number of carbonyl (C=O) groups is 2. The minimum absolute atomic E-state index is 0.236. The molecule has 0 spiro atoms. The number of rotatable bonds is 8. The van der Waals surface area contributed by atoms with Crippen LogP contribution in [0, 0.1) is 0 Å². The summed E-state index contributed by atoms with van der Waals surface area (Å²) in [5, 5.41) is 2.91. The predicted molar refractivity (Wildman–Crippen MR) is 111 cm³/mol. The van der Waals surface area contributed by atoms with Crippen LogP contribution >= 0.6 is 0 Å². The summed E-state index contributed by atoms with van der Waals surface area (Å²) in [6.07, 6.45) is 4.85. The molecule has 1 aromatic carbocycles. The monoisotopic (exact) mass is 378 g/mol. The van der Waals surface area contributed by atoms with Crippen LogP contribution in [0.25, 0.3) is 5.52 Å². The number of imidazole rings is 1. The van der Waals surface area contributed by atoms with Gasteiger partial charge in [0.2, 0.25) is 5.82 Å². The Morgan fingerprint density at radius 2 is 1.79 bits per heavy atom. The van der Waals surface area contributed by atoms with Crippen LogP contribution in [0.1, 0.15) is 54.2 Å². The lowest BCUT2D eigenvalue weighted by atomic mass is 10.2. The van der Waals surface area contributed by atoms with E-state index in [1.54, 1.807) is 15.5 Å². The van der Waals surface area contributed by atoms with E-state index in [9.17, 15) is 9.59 Å². The Bertz CT molecular complexity index is 950. The average Bonchev–Trinajstić information content (AvgIpc) is 3.12. The van der Waals surface area contributed by atoms with E-state index >= 15 is 0 Å². The number of benzene rings is 1. The molecule has 0 bridgehead atoms. The zero-order valence-electron chi connectivity index (χ0n) is 16.4. The predicted octanol–water partition coefficient (Wildman–Crippen LogP) is 3.92. The second kappa shape index (κ2) is 9.17. The molecule has 2 heterocycles. The second-order valence-corrected chi connectivity index (χ2v) is 6.59. The summed E-state index contributed by atoms with van der Waals surface area (Å²) in [6.45, 7) is 5.15. The Balaban J connectivity index is 1.93. The molecular weight excluding hydrogens is 352 g/mol. The summed E-state index contributed by atoms with van der Waals surface area (Å²) in [5.41, 5.74) is 1.71. The van der Waals surface area contributed by atoms with Gasteiger partial charge in [-0.25, -0.2) is 4.98 Å². The maximum Gasteiger partial charge on any atom is 0.294 e. The molecule has 0 aliphatic heterocycles. The minimum Gasteiger partial charge on any atom is -0.351 e. The van der Waals surface area contributed by atoms with Gasteiger partial charge in [0.1, 0.15) is 0 Å². The van der Waals surface area contributed by atoms with Crippen molar-refractivity contribution in [3.63, 3.8) is 0 Å². The van der Waals surface area contributed by atoms with Crippen LogP contribution < -0.4 is 10.2 Å². The molecule has 2 aromatic heterocycles. The molecule has 0 saturated carbocycles. The van der Waals surface area contributed by atoms with Gasteiger partial charge in [0.05, 0.1) is 5.52 Å². The van der Waals surface area contributed by atoms with Crippen LogP contribution in [0.15, 0.2) is 54.7 Å². The fraction of sp³-hybridized carbons (Fsp3) is 0.318. The van der Waals surface area contributed by atoms with Crippen LogP contribution in [0.2, 0.25) is 0 Å². The highest BCUT2D eigenvalue weighted by Gasteiger charge is 2.25. The fourth-order valence-electron chi connectivity index (χ4n) is 3.19. The summed E-state index contributed by atoms with van der Waals surface area (Å²) in [5.74, 6) is -0.249. The third-order valence-electron chi connectivity index (χ3n) is 4.65. The third kappa shape index (κ3) is 4.06. The number of amides is 2. The number of pyridine rings is 1. The normalized spacial score (nSPS) is 10.8. The molecule has 28 heavy (non-hydrogen) atoms. The number of para-hydroxylation sites is 1. The second-order valence-electron chi connectivity index (χ2n) is 6.59. The zero-order chi connectivity index (χ0) is 19.9. The van der Waals surface area contributed by atoms with E-state index in [4.69, 9.17) is 0 Å². The molecule has 0 radical (unpaired) electrons. The first-order chi connectivity index (χ1) is 13.7. The lowest BCUT2D eigenvalue weighted by Crippen LogP contribution is -2.32. The maximum absolute atomic E-state index is 13.2. The van der Waals surface area contributed by atoms with Crippen LogP contribution in [0.5, 0.6) is 0 Å². The summed E-state index contributed by atoms with van der Waals surface area (Å²) in [4.78, 5) is 32.0. The molecule has 0 fully saturated rings. The number of hydrogen-bond donors (Lipinski definition) is 1. The molecule has 1 N–H and O–H groups in total. The lowest BCUT2D eigenvalue weighted by Gasteiger charge is -2.20. The Kier molecular flexibility index (Phi) is 6.42. The molecule has 0 atom stereocenters. The Morgan fingerprint density at radius 3 is 2.50 bits per heavy atom. The quantitative estimate of drug-likeness (QED) is 0.604. The van der Waals surface area contributed by atoms with Gasteiger partial charge < -0.3 is 10.2 Å². The van der Waals surface area contributed by atoms with Gasteiger partial charge in [0.15, 0.2) is 5.69 Å². The average molecular weight is 378 g/mol. The van der Waals surface area contributed by atoms with E-state index in [-0.39, 0.29) is 23.3 Å². The number of nitrogens with one attached hydrogen (secondary N) is 1. The number of hydrogen-bond acceptors (Lipinski definition) is 3. The Morgan fingerprint density at radius 1 is 1.04 bits per heavy atom. The Hall–Kier alpha value is -3.15. The lowest BCUT2D eigenvalue weighted by molar-refractivity contribution is 0.0950. The van der Waals surface area contributed by atoms with Crippen molar-refractivity contribution in [2.75, 3.05) is 18.0 Å². The van der Waals surface area contributed by atoms with E-state index in [1.807, 2.05) is 55.5 Å². The van der Waals surface area contributed by atoms with Crippen LogP contribution in [0.3, 0.4) is 0 Å². The van der Waals surface area contributed by atoms with Crippen molar-refractivity contribution in [2.24, 2.45) is 0 Å². The number of fused-ring (bicyclic) bond motifs is 1. The van der Waals surface area contributed by atoms with Gasteiger partial charge in [0.25, 0.3) is 11.8 Å². The highest BCUT2D eigenvalue weighted by Crippen LogP contribution is 2.19. The number of aromatic nitrogens is 2. The molecule has 0 aliphatic rings. The van der Waals surface area contributed by atoms with Crippen LogP contribution in [-0.2, 0) is 0 Å². The van der Waals surface area contributed by atoms with Crippen molar-refractivity contribution in [1.82, 2.24) is 14.7 Å². The van der Waals surface area contributed by atoms with Crippen LogP contribution in [0.4, 0.5) is 5.69 Å². The molecule has 0 unspecified atom stereocenters. The zero-order valence-corrected chi connectivity index (χ0v) is 16.4. The molecule has 146 valence electrons. The smallest absolute Gasteiger partial charge is 0.294 e. The number of nitrogens with zero attached hydrogens (tertiary/aromatic N) is 3. The summed E-state index contributed by atoms with van der Waals surface area (Å²) in [7, 11) is 0. The van der Waals surface area contributed by atoms with Gasteiger partial charge in [-0.15, -0.1) is 0 Å². The third-order valence-corrected chi connectivity index (χ3v) is 4.65. The molecule has 6 nitrogen and oxygen atoms in total. The first-order valence-electron chi connectivity index (χ1n) is 9.79. The first-order valence-corrected chi connectivity index (χ1v) is 9.79. The SMILES string of the molecule is CCCCCNC(=O)c1nc(C(=O)N(CC)c2ccccc2)n2ccccc12. The van der Waals surface area contributed by atoms with Crippen LogP contribution in [-0.4, -0.2) is 34.3 Å². The summed E-state index contributed by atoms with van der Waals surface area (Å²) >= 11 is 0. The van der Waals surface area contributed by atoms with Crippen molar-refractivity contribution >= 4 is 23.0 Å². The topological polar surface area (TPSA) is 66.7 Å². The molecule has 3 rings (SSSR count). The number of carbonyl (C=O) groups excluding carboxylic acids is 2. The number of anilines is 1. The van der Waals surface area contributed by atoms with Gasteiger partial charge in [-0.2, -0.15) is 0 Å². The molecule has 0 aliphatic carbocycles. The van der Waals surface area contributed by atoms with E-state index in [2.05, 4.69) is 17.2 Å². The van der Waals surface area contributed by atoms with Gasteiger partial charge in [0, 0.05) is 25.0 Å². The largest absolute Gasteiger partial charge is 0.351 e. The van der Waals surface area contributed by atoms with Crippen molar-refractivity contribution in [2.45, 2.75) is 33.1 Å². The van der Waals surface area contributed by atoms with Crippen molar-refractivity contribution in [3.05, 3.63) is 66.2 Å². The first kappa shape index (κ1) is 19.6. The maximum atomic E-state index is 13.2. The molecule has 2 amide bonds. The van der Waals surface area contributed by atoms with Gasteiger partial charge in [-0.3, -0.25) is 14.0 Å². The molecule has 6 heteroatoms. The molecule has 3 aromatic rings. The van der Waals surface area contributed by atoms with E-state index in [1.165, 1.54) is 0 Å². The molecule has 0 saturated heterocycles. The van der Waals surface area contributed by atoms with Crippen molar-refractivity contribution in [3.8, 4) is 0 Å². The fourth-order valence-corrected chi connectivity index (χ4v) is 3.19. The number of unbranched alkanes of at least 4 members (excludes halogenated alkanes) is 2. The van der Waals surface area contributed by atoms with E-state index < -0.39 is 0 Å². The minimum atomic E-state index is -0.249. The highest BCUT2D eigenvalue weighted by atomic mass is 16.2. The van der Waals surface area contributed by atoms with E-state index in [0.29, 0.717) is 18.6 Å². The summed E-state index contributed by atoms with van der Waals surface area (Å²) in [6, 6.07) is 14.9. The van der Waals surface area contributed by atoms with Crippen molar-refractivity contribution < 1.29 is 9.59 Å². The van der Waals surface area contributed by atoms with Crippen molar-refractivity contribution in [1.29, 1.82) is 0 Å². The Labute approximate surface area is 165 Å². The summed E-state index contributed by atoms with van der Waals surface area (Å²) < 4.78 is 1.69. The van der Waals surface area contributed by atoms with Gasteiger partial charge in [-0.05, 0) is 37.6 Å². The van der Waals surface area contributed by atoms with Gasteiger partial charge >= 0.3 is 0 Å².